The highest BCUT2D eigenvalue weighted by Crippen LogP contribution is 2.18. The van der Waals surface area contributed by atoms with Crippen LogP contribution in [0, 0.1) is 5.92 Å². The molecular formula is C14H22N4O2. The smallest absolute Gasteiger partial charge is 0.283 e. The first-order valence-corrected chi connectivity index (χ1v) is 6.91. The fraction of sp³-hybridized carbons (Fsp3) is 0.571. The van der Waals surface area contributed by atoms with Crippen LogP contribution in [0.2, 0.25) is 0 Å². The predicted molar refractivity (Wildman–Crippen MR) is 75.8 cm³/mol. The summed E-state index contributed by atoms with van der Waals surface area (Å²) in [6, 6.07) is 5.44. The van der Waals surface area contributed by atoms with E-state index in [1.54, 1.807) is 13.2 Å². The average molecular weight is 278 g/mol. The molecule has 1 aromatic heterocycles. The number of amides is 1. The number of pyridine rings is 1. The molecule has 0 atom stereocenters. The van der Waals surface area contributed by atoms with Crippen LogP contribution >= 0.6 is 0 Å². The molecule has 110 valence electrons. The van der Waals surface area contributed by atoms with Gasteiger partial charge in [-0.25, -0.2) is 10.8 Å². The van der Waals surface area contributed by atoms with Gasteiger partial charge >= 0.3 is 0 Å². The summed E-state index contributed by atoms with van der Waals surface area (Å²) in [6.07, 6.45) is 2.30. The summed E-state index contributed by atoms with van der Waals surface area (Å²) in [5.74, 6) is 5.43. The number of rotatable bonds is 5. The zero-order valence-electron chi connectivity index (χ0n) is 11.8. The standard InChI is InChI=1S/C14H22N4O2/c1-20-10-11-5-7-18(8-6-11)9-12-3-2-4-13(16-12)14(19)17-15/h2-4,11H,5-10,15H2,1H3,(H,17,19). The number of hydrogen-bond acceptors (Lipinski definition) is 5. The van der Waals surface area contributed by atoms with Crippen LogP contribution in [0.25, 0.3) is 0 Å². The van der Waals surface area contributed by atoms with E-state index in [0.29, 0.717) is 11.6 Å². The maximum atomic E-state index is 11.4. The second kappa shape index (κ2) is 7.33. The third kappa shape index (κ3) is 4.00. The van der Waals surface area contributed by atoms with Crippen molar-refractivity contribution in [2.24, 2.45) is 11.8 Å². The van der Waals surface area contributed by atoms with Crippen molar-refractivity contribution in [3.63, 3.8) is 0 Å². The van der Waals surface area contributed by atoms with Gasteiger partial charge in [-0.1, -0.05) is 6.07 Å². The lowest BCUT2D eigenvalue weighted by Gasteiger charge is -2.31. The number of carbonyl (C=O) groups is 1. The summed E-state index contributed by atoms with van der Waals surface area (Å²) in [6.45, 7) is 3.70. The van der Waals surface area contributed by atoms with Crippen molar-refractivity contribution in [1.82, 2.24) is 15.3 Å². The average Bonchev–Trinajstić information content (AvgIpc) is 2.49. The molecule has 1 fully saturated rings. The zero-order valence-corrected chi connectivity index (χ0v) is 11.8. The fourth-order valence-electron chi connectivity index (χ4n) is 2.54. The molecule has 6 nitrogen and oxygen atoms in total. The van der Waals surface area contributed by atoms with Crippen LogP contribution in [0.3, 0.4) is 0 Å². The number of hydrazine groups is 1. The molecule has 20 heavy (non-hydrogen) atoms. The van der Waals surface area contributed by atoms with Gasteiger partial charge in [-0.15, -0.1) is 0 Å². The summed E-state index contributed by atoms with van der Waals surface area (Å²) in [5.41, 5.74) is 3.36. The van der Waals surface area contributed by atoms with E-state index in [0.717, 1.165) is 44.8 Å². The van der Waals surface area contributed by atoms with Crippen molar-refractivity contribution in [2.75, 3.05) is 26.8 Å². The van der Waals surface area contributed by atoms with E-state index in [1.807, 2.05) is 12.1 Å². The molecule has 1 aromatic rings. The summed E-state index contributed by atoms with van der Waals surface area (Å²) in [7, 11) is 1.75. The highest BCUT2D eigenvalue weighted by molar-refractivity contribution is 5.91. The first kappa shape index (κ1) is 14.9. The lowest BCUT2D eigenvalue weighted by Crippen LogP contribution is -2.35. The first-order chi connectivity index (χ1) is 9.72. The normalized spacial score (nSPS) is 17.1. The molecule has 0 spiro atoms. The second-order valence-electron chi connectivity index (χ2n) is 5.16. The maximum absolute atomic E-state index is 11.4. The number of ether oxygens (including phenoxy) is 1. The molecule has 0 unspecified atom stereocenters. The van der Waals surface area contributed by atoms with E-state index >= 15 is 0 Å². The van der Waals surface area contributed by atoms with Gasteiger partial charge in [0, 0.05) is 20.3 Å². The molecule has 1 aliphatic heterocycles. The van der Waals surface area contributed by atoms with Crippen LogP contribution in [0.5, 0.6) is 0 Å². The number of carbonyl (C=O) groups excluding carboxylic acids is 1. The molecular weight excluding hydrogens is 256 g/mol. The van der Waals surface area contributed by atoms with Crippen LogP contribution in [0.15, 0.2) is 18.2 Å². The van der Waals surface area contributed by atoms with E-state index in [4.69, 9.17) is 10.6 Å². The number of methoxy groups -OCH3 is 1. The minimum Gasteiger partial charge on any atom is -0.384 e. The van der Waals surface area contributed by atoms with Gasteiger partial charge in [0.1, 0.15) is 5.69 Å². The highest BCUT2D eigenvalue weighted by Gasteiger charge is 2.19. The molecule has 0 radical (unpaired) electrons. The summed E-state index contributed by atoms with van der Waals surface area (Å²) in [5, 5.41) is 0. The Morgan fingerprint density at radius 2 is 2.25 bits per heavy atom. The molecule has 0 saturated carbocycles. The van der Waals surface area contributed by atoms with Gasteiger partial charge < -0.3 is 4.74 Å². The fourth-order valence-corrected chi connectivity index (χ4v) is 2.54. The number of nitrogens with zero attached hydrogens (tertiary/aromatic N) is 2. The van der Waals surface area contributed by atoms with E-state index < -0.39 is 0 Å². The number of nitrogens with two attached hydrogens (primary N) is 1. The van der Waals surface area contributed by atoms with Crippen LogP contribution in [0.1, 0.15) is 29.0 Å². The van der Waals surface area contributed by atoms with Crippen LogP contribution in [0.4, 0.5) is 0 Å². The monoisotopic (exact) mass is 278 g/mol. The Labute approximate surface area is 119 Å². The van der Waals surface area contributed by atoms with E-state index in [-0.39, 0.29) is 5.91 Å². The molecule has 1 amide bonds. The third-order valence-corrected chi connectivity index (χ3v) is 3.67. The van der Waals surface area contributed by atoms with Gasteiger partial charge in [0.05, 0.1) is 5.69 Å². The van der Waals surface area contributed by atoms with Crippen LogP contribution in [-0.4, -0.2) is 42.6 Å². The Kier molecular flexibility index (Phi) is 5.46. The van der Waals surface area contributed by atoms with E-state index in [9.17, 15) is 4.79 Å². The number of hydrogen-bond donors (Lipinski definition) is 2. The van der Waals surface area contributed by atoms with Crippen molar-refractivity contribution in [3.05, 3.63) is 29.6 Å². The second-order valence-corrected chi connectivity index (χ2v) is 5.16. The van der Waals surface area contributed by atoms with Gasteiger partial charge in [-0.3, -0.25) is 15.1 Å². The molecule has 1 saturated heterocycles. The minimum absolute atomic E-state index is 0.356. The summed E-state index contributed by atoms with van der Waals surface area (Å²) in [4.78, 5) is 18.1. The molecule has 2 heterocycles. The van der Waals surface area contributed by atoms with E-state index in [1.165, 1.54) is 0 Å². The molecule has 2 rings (SSSR count). The number of likely N-dealkylation sites (tertiary alicyclic amines) is 1. The molecule has 0 bridgehead atoms. The lowest BCUT2D eigenvalue weighted by atomic mass is 9.98. The van der Waals surface area contributed by atoms with Crippen molar-refractivity contribution in [3.8, 4) is 0 Å². The molecule has 1 aliphatic rings. The summed E-state index contributed by atoms with van der Waals surface area (Å²) >= 11 is 0. The largest absolute Gasteiger partial charge is 0.384 e. The van der Waals surface area contributed by atoms with E-state index in [2.05, 4.69) is 15.3 Å². The SMILES string of the molecule is COCC1CCN(Cc2cccc(C(=O)NN)n2)CC1. The first-order valence-electron chi connectivity index (χ1n) is 6.91. The van der Waals surface area contributed by atoms with Crippen molar-refractivity contribution >= 4 is 5.91 Å². The number of nitrogen functional groups attached to an aromatic ring is 1. The lowest BCUT2D eigenvalue weighted by molar-refractivity contribution is 0.0940. The zero-order chi connectivity index (χ0) is 14.4. The Morgan fingerprint density at radius 1 is 1.50 bits per heavy atom. The molecule has 3 N–H and O–H groups in total. The van der Waals surface area contributed by atoms with Gasteiger partial charge in [-0.05, 0) is 44.0 Å². The van der Waals surface area contributed by atoms with Crippen LogP contribution < -0.4 is 11.3 Å². The van der Waals surface area contributed by atoms with Crippen molar-refractivity contribution in [2.45, 2.75) is 19.4 Å². The van der Waals surface area contributed by atoms with Gasteiger partial charge in [0.15, 0.2) is 0 Å². The Hall–Kier alpha value is -1.50. The van der Waals surface area contributed by atoms with Crippen molar-refractivity contribution in [1.29, 1.82) is 0 Å². The Bertz CT molecular complexity index is 445. The minimum atomic E-state index is -0.356. The quantitative estimate of drug-likeness (QED) is 0.467. The predicted octanol–water partition coefficient (Wildman–Crippen LogP) is 0.544. The molecule has 6 heteroatoms. The van der Waals surface area contributed by atoms with Gasteiger partial charge in [0.25, 0.3) is 5.91 Å². The number of piperidine rings is 1. The highest BCUT2D eigenvalue weighted by atomic mass is 16.5. The Morgan fingerprint density at radius 3 is 2.90 bits per heavy atom. The number of aromatic nitrogens is 1. The Balaban J connectivity index is 1.89. The summed E-state index contributed by atoms with van der Waals surface area (Å²) < 4.78 is 5.20. The van der Waals surface area contributed by atoms with Crippen LogP contribution in [-0.2, 0) is 11.3 Å². The van der Waals surface area contributed by atoms with Gasteiger partial charge in [-0.2, -0.15) is 0 Å². The topological polar surface area (TPSA) is 80.5 Å². The molecule has 0 aliphatic carbocycles. The van der Waals surface area contributed by atoms with Crippen molar-refractivity contribution < 1.29 is 9.53 Å². The third-order valence-electron chi connectivity index (χ3n) is 3.67. The van der Waals surface area contributed by atoms with Gasteiger partial charge in [0.2, 0.25) is 0 Å². The molecule has 0 aromatic carbocycles. The maximum Gasteiger partial charge on any atom is 0.283 e. The number of nitrogens with one attached hydrogen (secondary N) is 1.